The second kappa shape index (κ2) is 6.98. The lowest BCUT2D eigenvalue weighted by molar-refractivity contribution is -0.137. The van der Waals surface area contributed by atoms with Gasteiger partial charge >= 0.3 is 12.0 Å². The zero-order chi connectivity index (χ0) is 14.6. The normalized spacial score (nSPS) is 10.1. The summed E-state index contributed by atoms with van der Waals surface area (Å²) in [5.74, 6) is -1.09. The molecule has 0 saturated carbocycles. The Morgan fingerprint density at radius 1 is 1.37 bits per heavy atom. The highest BCUT2D eigenvalue weighted by molar-refractivity contribution is 9.10. The Balaban J connectivity index is 2.90. The topological polar surface area (TPSA) is 69.6 Å². The Morgan fingerprint density at radius 3 is 2.32 bits per heavy atom. The Morgan fingerprint density at radius 2 is 1.89 bits per heavy atom. The number of likely N-dealkylation sites (N-methyl/N-ethyl adjacent to an activating group) is 1. The molecule has 1 rings (SSSR count). The molecule has 0 aliphatic rings. The van der Waals surface area contributed by atoms with Gasteiger partial charge in [-0.1, -0.05) is 39.1 Å². The number of hydrogen-bond acceptors (Lipinski definition) is 2. The molecule has 0 atom stereocenters. The van der Waals surface area contributed by atoms with Crippen LogP contribution >= 0.6 is 39.1 Å². The second-order valence-electron chi connectivity index (χ2n) is 3.58. The number of carboxylic acid groups (broad SMARTS) is 1. The predicted octanol–water partition coefficient (Wildman–Crippen LogP) is 3.69. The van der Waals surface area contributed by atoms with E-state index in [0.29, 0.717) is 4.47 Å². The summed E-state index contributed by atoms with van der Waals surface area (Å²) in [4.78, 5) is 23.6. The molecular formula is C11H11BrCl2N2O3. The SMILES string of the molecule is CCN(CC(=O)O)C(=O)Nc1c(Cl)cc(Br)cc1Cl. The highest BCUT2D eigenvalue weighted by Crippen LogP contribution is 2.33. The minimum Gasteiger partial charge on any atom is -0.480 e. The number of amides is 2. The summed E-state index contributed by atoms with van der Waals surface area (Å²) in [7, 11) is 0. The van der Waals surface area contributed by atoms with Crippen LogP contribution in [0.15, 0.2) is 16.6 Å². The minimum absolute atomic E-state index is 0.250. The Hall–Kier alpha value is -0.980. The molecule has 1 aromatic rings. The number of anilines is 1. The number of rotatable bonds is 4. The van der Waals surface area contributed by atoms with Crippen molar-refractivity contribution in [2.24, 2.45) is 0 Å². The third kappa shape index (κ3) is 4.56. The van der Waals surface area contributed by atoms with Gasteiger partial charge in [-0.25, -0.2) is 4.79 Å². The molecule has 0 aliphatic heterocycles. The van der Waals surface area contributed by atoms with Crippen molar-refractivity contribution in [2.75, 3.05) is 18.4 Å². The molecule has 0 aromatic heterocycles. The molecule has 104 valence electrons. The summed E-state index contributed by atoms with van der Waals surface area (Å²) >= 11 is 15.2. The van der Waals surface area contributed by atoms with Crippen molar-refractivity contribution < 1.29 is 14.7 Å². The largest absolute Gasteiger partial charge is 0.480 e. The smallest absolute Gasteiger partial charge is 0.323 e. The summed E-state index contributed by atoms with van der Waals surface area (Å²) in [5.41, 5.74) is 0.250. The monoisotopic (exact) mass is 368 g/mol. The molecule has 5 nitrogen and oxygen atoms in total. The first-order valence-corrected chi connectivity index (χ1v) is 6.82. The fourth-order valence-electron chi connectivity index (χ4n) is 1.34. The molecular weight excluding hydrogens is 359 g/mol. The Bertz CT molecular complexity index is 488. The number of carboxylic acids is 1. The zero-order valence-corrected chi connectivity index (χ0v) is 13.0. The van der Waals surface area contributed by atoms with Gasteiger partial charge in [0, 0.05) is 11.0 Å². The minimum atomic E-state index is -1.09. The van der Waals surface area contributed by atoms with Crippen molar-refractivity contribution in [2.45, 2.75) is 6.92 Å². The van der Waals surface area contributed by atoms with E-state index in [1.54, 1.807) is 19.1 Å². The van der Waals surface area contributed by atoms with Crippen LogP contribution in [-0.4, -0.2) is 35.1 Å². The summed E-state index contributed by atoms with van der Waals surface area (Å²) in [6.45, 7) is 1.53. The third-order valence-corrected chi connectivity index (χ3v) is 3.29. The first-order valence-electron chi connectivity index (χ1n) is 5.27. The highest BCUT2D eigenvalue weighted by Gasteiger charge is 2.17. The van der Waals surface area contributed by atoms with E-state index < -0.39 is 18.5 Å². The fraction of sp³-hybridized carbons (Fsp3) is 0.273. The highest BCUT2D eigenvalue weighted by atomic mass is 79.9. The van der Waals surface area contributed by atoms with Crippen LogP contribution in [0.2, 0.25) is 10.0 Å². The first kappa shape index (κ1) is 16.1. The number of hydrogen-bond donors (Lipinski definition) is 2. The van der Waals surface area contributed by atoms with Gasteiger partial charge in [0.15, 0.2) is 0 Å². The molecule has 0 aliphatic carbocycles. The van der Waals surface area contributed by atoms with Crippen molar-refractivity contribution in [3.8, 4) is 0 Å². The summed E-state index contributed by atoms with van der Waals surface area (Å²) in [6.07, 6.45) is 0. The van der Waals surface area contributed by atoms with Gasteiger partial charge in [0.05, 0.1) is 15.7 Å². The van der Waals surface area contributed by atoms with Crippen LogP contribution < -0.4 is 5.32 Å². The van der Waals surface area contributed by atoms with Gasteiger partial charge in [-0.05, 0) is 19.1 Å². The van der Waals surface area contributed by atoms with Crippen molar-refractivity contribution in [3.05, 3.63) is 26.7 Å². The average Bonchev–Trinajstić information content (AvgIpc) is 2.30. The molecule has 0 saturated heterocycles. The van der Waals surface area contributed by atoms with E-state index in [-0.39, 0.29) is 22.3 Å². The molecule has 0 bridgehead atoms. The molecule has 0 radical (unpaired) electrons. The van der Waals surface area contributed by atoms with Gasteiger partial charge in [0.25, 0.3) is 0 Å². The van der Waals surface area contributed by atoms with E-state index in [2.05, 4.69) is 21.2 Å². The van der Waals surface area contributed by atoms with Crippen LogP contribution in [0.3, 0.4) is 0 Å². The molecule has 0 heterocycles. The third-order valence-electron chi connectivity index (χ3n) is 2.23. The number of aliphatic carboxylic acids is 1. The quantitative estimate of drug-likeness (QED) is 0.850. The van der Waals surface area contributed by atoms with Crippen LogP contribution in [0.25, 0.3) is 0 Å². The van der Waals surface area contributed by atoms with Crippen LogP contribution in [0, 0.1) is 0 Å². The summed E-state index contributed by atoms with van der Waals surface area (Å²) in [5, 5.41) is 11.7. The zero-order valence-electron chi connectivity index (χ0n) is 9.91. The fourth-order valence-corrected chi connectivity index (χ4v) is 2.64. The van der Waals surface area contributed by atoms with E-state index in [1.165, 1.54) is 0 Å². The lowest BCUT2D eigenvalue weighted by atomic mass is 10.3. The number of benzene rings is 1. The number of urea groups is 1. The molecule has 8 heteroatoms. The molecule has 2 amide bonds. The van der Waals surface area contributed by atoms with Crippen LogP contribution in [0.4, 0.5) is 10.5 Å². The second-order valence-corrected chi connectivity index (χ2v) is 5.31. The average molecular weight is 370 g/mol. The van der Waals surface area contributed by atoms with Gasteiger partial charge in [0.2, 0.25) is 0 Å². The Kier molecular flexibility index (Phi) is 5.90. The van der Waals surface area contributed by atoms with Gasteiger partial charge in [-0.15, -0.1) is 0 Å². The van der Waals surface area contributed by atoms with E-state index >= 15 is 0 Å². The maximum Gasteiger partial charge on any atom is 0.323 e. The van der Waals surface area contributed by atoms with E-state index in [9.17, 15) is 9.59 Å². The number of nitrogens with one attached hydrogen (secondary N) is 1. The van der Waals surface area contributed by atoms with Gasteiger partial charge < -0.3 is 15.3 Å². The standard InChI is InChI=1S/C11H11BrCl2N2O3/c1-2-16(5-9(17)18)11(19)15-10-7(13)3-6(12)4-8(10)14/h3-4H,2,5H2,1H3,(H,15,19)(H,17,18). The van der Waals surface area contributed by atoms with Crippen molar-refractivity contribution >= 4 is 56.8 Å². The Labute approximate surface area is 128 Å². The molecule has 19 heavy (non-hydrogen) atoms. The maximum atomic E-state index is 11.9. The number of nitrogens with zero attached hydrogens (tertiary/aromatic N) is 1. The van der Waals surface area contributed by atoms with Crippen molar-refractivity contribution in [1.29, 1.82) is 0 Å². The molecule has 1 aromatic carbocycles. The molecule has 0 unspecified atom stereocenters. The number of halogens is 3. The van der Waals surface area contributed by atoms with Crippen molar-refractivity contribution in [3.63, 3.8) is 0 Å². The first-order chi connectivity index (χ1) is 8.85. The lowest BCUT2D eigenvalue weighted by Crippen LogP contribution is -2.38. The molecule has 0 spiro atoms. The molecule has 0 fully saturated rings. The van der Waals surface area contributed by atoms with Crippen molar-refractivity contribution in [1.82, 2.24) is 4.90 Å². The maximum absolute atomic E-state index is 11.9. The van der Waals surface area contributed by atoms with E-state index in [4.69, 9.17) is 28.3 Å². The van der Waals surface area contributed by atoms with Crippen LogP contribution in [0.1, 0.15) is 6.92 Å². The summed E-state index contributed by atoms with van der Waals surface area (Å²) < 4.78 is 0.679. The van der Waals surface area contributed by atoms with E-state index in [1.807, 2.05) is 0 Å². The van der Waals surface area contributed by atoms with E-state index in [0.717, 1.165) is 4.90 Å². The number of carbonyl (C=O) groups is 2. The number of carbonyl (C=O) groups excluding carboxylic acids is 1. The molecule has 2 N–H and O–H groups in total. The predicted molar refractivity (Wildman–Crippen MR) is 78.1 cm³/mol. The lowest BCUT2D eigenvalue weighted by Gasteiger charge is -2.20. The van der Waals surface area contributed by atoms with Gasteiger partial charge in [-0.3, -0.25) is 4.79 Å². The van der Waals surface area contributed by atoms with Gasteiger partial charge in [0.1, 0.15) is 6.54 Å². The summed E-state index contributed by atoms with van der Waals surface area (Å²) in [6, 6.07) is 2.59. The van der Waals surface area contributed by atoms with Crippen LogP contribution in [0.5, 0.6) is 0 Å². The van der Waals surface area contributed by atoms with Gasteiger partial charge in [-0.2, -0.15) is 0 Å². The van der Waals surface area contributed by atoms with Crippen LogP contribution in [-0.2, 0) is 4.79 Å².